The lowest BCUT2D eigenvalue weighted by molar-refractivity contribution is -0.142. The number of amides is 6. The molecular weight excluding hydrogens is 797 g/mol. The lowest BCUT2D eigenvalue weighted by Gasteiger charge is -2.27. The zero-order valence-electron chi connectivity index (χ0n) is 35.1. The van der Waals surface area contributed by atoms with E-state index in [9.17, 15) is 48.9 Å². The van der Waals surface area contributed by atoms with Gasteiger partial charge in [-0.25, -0.2) is 4.79 Å². The minimum absolute atomic E-state index is 0.0458. The van der Waals surface area contributed by atoms with Crippen molar-refractivity contribution in [2.75, 3.05) is 32.8 Å². The number of aliphatic carboxylic acids is 1. The number of carbonyl (C=O) groups excluding carboxylic acids is 6. The van der Waals surface area contributed by atoms with Gasteiger partial charge in [-0.1, -0.05) is 50.6 Å². The van der Waals surface area contributed by atoms with E-state index in [2.05, 4.69) is 36.9 Å². The summed E-state index contributed by atoms with van der Waals surface area (Å²) in [7, 11) is 0. The van der Waals surface area contributed by atoms with Gasteiger partial charge in [-0.2, -0.15) is 0 Å². The molecule has 61 heavy (non-hydrogen) atoms. The number of unbranched alkanes of at least 4 members (excludes halogenated alkanes) is 2. The number of hydrogen-bond donors (Lipinski definition) is 14. The average Bonchev–Trinajstić information content (AvgIpc) is 3.21. The number of aliphatic imine (C=N–C) groups is 1. The van der Waals surface area contributed by atoms with Gasteiger partial charge in [0.15, 0.2) is 5.96 Å². The maximum atomic E-state index is 13.8. The minimum atomic E-state index is -1.66. The van der Waals surface area contributed by atoms with Crippen molar-refractivity contribution >= 4 is 47.4 Å². The number of aliphatic hydroxyl groups is 2. The van der Waals surface area contributed by atoms with Gasteiger partial charge < -0.3 is 75.9 Å². The first-order chi connectivity index (χ1) is 29.0. The van der Waals surface area contributed by atoms with Crippen molar-refractivity contribution in [3.05, 3.63) is 35.9 Å². The topological polar surface area (TPSA) is 395 Å². The summed E-state index contributed by atoms with van der Waals surface area (Å²) in [6.45, 7) is 2.58. The number of carbonyl (C=O) groups is 7. The largest absolute Gasteiger partial charge is 0.480 e. The number of benzene rings is 1. The Morgan fingerprint density at radius 1 is 0.590 bits per heavy atom. The molecule has 0 saturated carbocycles. The van der Waals surface area contributed by atoms with Crippen molar-refractivity contribution in [2.45, 2.75) is 120 Å². The molecule has 0 aliphatic rings. The molecule has 0 aliphatic heterocycles. The monoisotopic (exact) mass is 865 g/mol. The molecule has 0 radical (unpaired) electrons. The van der Waals surface area contributed by atoms with Crippen LogP contribution < -0.4 is 60.6 Å². The van der Waals surface area contributed by atoms with Crippen LogP contribution in [0, 0.1) is 5.92 Å². The van der Waals surface area contributed by atoms with Gasteiger partial charge in [0, 0.05) is 13.0 Å². The van der Waals surface area contributed by atoms with Crippen LogP contribution in [-0.2, 0) is 40.0 Å². The first-order valence-electron chi connectivity index (χ1n) is 20.5. The summed E-state index contributed by atoms with van der Waals surface area (Å²) in [6.07, 6.45) is 2.57. The molecule has 0 aliphatic carbocycles. The molecule has 1 aromatic rings. The molecule has 7 atom stereocenters. The standard InChI is InChI=1S/C39H68N12O10/c1-23(2)19-28(48-36(58)30(21-52)50-32(54)25(42)13-6-8-16-40)34(56)46-26(15-10-18-45-39(43)44)33(55)51-31(22-53)37(59)49-29(20-24-11-4-3-5-12-24)35(57)47-27(38(60)61)14-7-9-17-41/h3-5,11-12,23,25-31,52-53H,6-10,13-22,40-42H2,1-2H3,(H,46,56)(H,47,57)(H,48,58)(H,49,59)(H,50,54)(H,51,55)(H,60,61)(H4,43,44,45)/t25-,26-,27-,28-,29-,30-,31-/m0/s1. The molecule has 22 heteroatoms. The Bertz CT molecular complexity index is 1560. The van der Waals surface area contributed by atoms with Crippen LogP contribution in [0.25, 0.3) is 0 Å². The molecule has 1 aromatic carbocycles. The second-order valence-electron chi connectivity index (χ2n) is 15.0. The summed E-state index contributed by atoms with van der Waals surface area (Å²) in [5.74, 6) is -6.83. The number of hydrogen-bond acceptors (Lipinski definition) is 13. The van der Waals surface area contributed by atoms with Crippen LogP contribution in [0.2, 0.25) is 0 Å². The van der Waals surface area contributed by atoms with Gasteiger partial charge in [-0.05, 0) is 75.9 Å². The van der Waals surface area contributed by atoms with Crippen molar-refractivity contribution in [3.8, 4) is 0 Å². The minimum Gasteiger partial charge on any atom is -0.480 e. The molecule has 344 valence electrons. The van der Waals surface area contributed by atoms with Gasteiger partial charge in [-0.15, -0.1) is 0 Å². The molecule has 1 rings (SSSR count). The highest BCUT2D eigenvalue weighted by Crippen LogP contribution is 2.10. The van der Waals surface area contributed by atoms with Crippen LogP contribution >= 0.6 is 0 Å². The second kappa shape index (κ2) is 29.7. The number of carboxylic acids is 1. The van der Waals surface area contributed by atoms with Crippen molar-refractivity contribution in [1.82, 2.24) is 31.9 Å². The predicted octanol–water partition coefficient (Wildman–Crippen LogP) is -4.11. The molecule has 0 heterocycles. The zero-order valence-corrected chi connectivity index (χ0v) is 35.1. The maximum absolute atomic E-state index is 13.8. The summed E-state index contributed by atoms with van der Waals surface area (Å²) in [6, 6.07) is -0.820. The van der Waals surface area contributed by atoms with Crippen LogP contribution in [0.3, 0.4) is 0 Å². The van der Waals surface area contributed by atoms with Gasteiger partial charge in [-0.3, -0.25) is 33.8 Å². The normalized spacial score (nSPS) is 14.5. The lowest BCUT2D eigenvalue weighted by Crippen LogP contribution is -2.61. The molecule has 0 spiro atoms. The van der Waals surface area contributed by atoms with E-state index in [1.54, 1.807) is 44.2 Å². The molecule has 0 aromatic heterocycles. The zero-order chi connectivity index (χ0) is 45.9. The van der Waals surface area contributed by atoms with Crippen molar-refractivity contribution in [2.24, 2.45) is 39.6 Å². The van der Waals surface area contributed by atoms with Crippen LogP contribution in [0.5, 0.6) is 0 Å². The van der Waals surface area contributed by atoms with Crippen molar-refractivity contribution in [3.63, 3.8) is 0 Å². The third kappa shape index (κ3) is 21.6. The van der Waals surface area contributed by atoms with Crippen LogP contribution in [0.15, 0.2) is 35.3 Å². The number of nitrogens with zero attached hydrogens (tertiary/aromatic N) is 1. The Morgan fingerprint density at radius 2 is 1.03 bits per heavy atom. The van der Waals surface area contributed by atoms with Crippen molar-refractivity contribution in [1.29, 1.82) is 0 Å². The van der Waals surface area contributed by atoms with Gasteiger partial charge >= 0.3 is 5.97 Å². The molecule has 0 unspecified atom stereocenters. The van der Waals surface area contributed by atoms with Gasteiger partial charge in [0.25, 0.3) is 0 Å². The van der Waals surface area contributed by atoms with Crippen LogP contribution in [-0.4, -0.2) is 138 Å². The Balaban J connectivity index is 3.30. The van der Waals surface area contributed by atoms with Gasteiger partial charge in [0.1, 0.15) is 36.3 Å². The van der Waals surface area contributed by atoms with Gasteiger partial charge in [0.05, 0.1) is 19.3 Å². The SMILES string of the molecule is CC(C)C[C@H](NC(=O)[C@H](CO)NC(=O)[C@@H](N)CCCCN)C(=O)N[C@@H](CCCN=C(N)N)C(=O)N[C@@H](CO)C(=O)N[C@@H](Cc1ccccc1)C(=O)N[C@@H](CCCCN)C(=O)O. The van der Waals surface area contributed by atoms with Crippen LogP contribution in [0.4, 0.5) is 0 Å². The Hall–Kier alpha value is -5.42. The third-order valence-corrected chi connectivity index (χ3v) is 9.33. The Labute approximate surface area is 356 Å². The predicted molar refractivity (Wildman–Crippen MR) is 227 cm³/mol. The van der Waals surface area contributed by atoms with E-state index in [0.29, 0.717) is 50.8 Å². The summed E-state index contributed by atoms with van der Waals surface area (Å²) in [5, 5.41) is 44.8. The molecule has 0 bridgehead atoms. The maximum Gasteiger partial charge on any atom is 0.326 e. The summed E-state index contributed by atoms with van der Waals surface area (Å²) < 4.78 is 0. The Kier molecular flexibility index (Phi) is 26.1. The highest BCUT2D eigenvalue weighted by molar-refractivity contribution is 5.97. The van der Waals surface area contributed by atoms with E-state index < -0.39 is 96.9 Å². The molecular formula is C39H68N12O10. The number of nitrogens with one attached hydrogen (secondary N) is 6. The number of nitrogens with two attached hydrogens (primary N) is 5. The highest BCUT2D eigenvalue weighted by Gasteiger charge is 2.34. The average molecular weight is 865 g/mol. The van der Waals surface area contributed by atoms with E-state index in [1.165, 1.54) is 0 Å². The Morgan fingerprint density at radius 3 is 1.56 bits per heavy atom. The summed E-state index contributed by atoms with van der Waals surface area (Å²) in [4.78, 5) is 96.4. The summed E-state index contributed by atoms with van der Waals surface area (Å²) in [5.41, 5.74) is 28.4. The number of guanidine groups is 1. The van der Waals surface area contributed by atoms with E-state index >= 15 is 0 Å². The molecule has 6 amide bonds. The first kappa shape index (κ1) is 53.6. The molecule has 0 saturated heterocycles. The van der Waals surface area contributed by atoms with Crippen LogP contribution in [0.1, 0.15) is 77.2 Å². The highest BCUT2D eigenvalue weighted by atomic mass is 16.4. The van der Waals surface area contributed by atoms with E-state index in [0.717, 1.165) is 0 Å². The fraction of sp³-hybridized carbons (Fsp3) is 0.641. The van der Waals surface area contributed by atoms with E-state index in [-0.39, 0.29) is 50.5 Å². The van der Waals surface area contributed by atoms with E-state index in [1.807, 2.05) is 0 Å². The smallest absolute Gasteiger partial charge is 0.326 e. The quantitative estimate of drug-likeness (QED) is 0.0192. The van der Waals surface area contributed by atoms with E-state index in [4.69, 9.17) is 28.7 Å². The summed E-state index contributed by atoms with van der Waals surface area (Å²) >= 11 is 0. The van der Waals surface area contributed by atoms with Gasteiger partial charge in [0.2, 0.25) is 35.4 Å². The number of carboxylic acid groups (broad SMARTS) is 1. The fourth-order valence-corrected chi connectivity index (χ4v) is 5.95. The molecule has 19 N–H and O–H groups in total. The number of rotatable bonds is 31. The fourth-order valence-electron chi connectivity index (χ4n) is 5.95. The molecule has 0 fully saturated rings. The lowest BCUT2D eigenvalue weighted by atomic mass is 10.0. The first-order valence-corrected chi connectivity index (χ1v) is 20.5. The van der Waals surface area contributed by atoms with Crippen molar-refractivity contribution < 1.29 is 48.9 Å². The third-order valence-electron chi connectivity index (χ3n) is 9.33. The number of aliphatic hydroxyl groups excluding tert-OH is 2. The molecule has 22 nitrogen and oxygen atoms in total. The second-order valence-corrected chi connectivity index (χ2v) is 15.0.